The van der Waals surface area contributed by atoms with Gasteiger partial charge in [0.05, 0.1) is 5.92 Å². The van der Waals surface area contributed by atoms with Crippen LogP contribution in [-0.2, 0) is 4.79 Å². The van der Waals surface area contributed by atoms with Gasteiger partial charge in [0.2, 0.25) is 0 Å². The smallest absolute Gasteiger partial charge is 0.307 e. The number of allylic oxidation sites excluding steroid dienone is 1. The topological polar surface area (TPSA) is 37.3 Å². The molecule has 24 heavy (non-hydrogen) atoms. The number of carbonyl (C=O) groups is 1. The Morgan fingerprint density at radius 3 is 2.12 bits per heavy atom. The Kier molecular flexibility index (Phi) is 8.35. The van der Waals surface area contributed by atoms with E-state index in [1.807, 2.05) is 0 Å². The van der Waals surface area contributed by atoms with Crippen molar-refractivity contribution in [3.05, 3.63) is 12.7 Å². The Bertz CT molecular complexity index is 373. The molecule has 1 N–H and O–H groups in total. The van der Waals surface area contributed by atoms with Crippen LogP contribution in [-0.4, -0.2) is 11.1 Å². The minimum absolute atomic E-state index is 0.197. The Hall–Kier alpha value is -0.790. The third-order valence-corrected chi connectivity index (χ3v) is 6.90. The number of hydrogen-bond acceptors (Lipinski definition) is 1. The number of aliphatic carboxylic acids is 1. The second kappa shape index (κ2) is 10.3. The van der Waals surface area contributed by atoms with Crippen LogP contribution in [0, 0.1) is 29.6 Å². The highest BCUT2D eigenvalue weighted by molar-refractivity contribution is 5.70. The van der Waals surface area contributed by atoms with Gasteiger partial charge in [0.25, 0.3) is 0 Å². The van der Waals surface area contributed by atoms with E-state index in [2.05, 4.69) is 13.5 Å². The van der Waals surface area contributed by atoms with E-state index < -0.39 is 5.97 Å². The molecule has 0 spiro atoms. The van der Waals surface area contributed by atoms with Crippen molar-refractivity contribution in [3.8, 4) is 0 Å². The molecule has 138 valence electrons. The molecule has 2 saturated carbocycles. The summed E-state index contributed by atoms with van der Waals surface area (Å²) in [5.74, 6) is 2.35. The molecule has 2 nitrogen and oxygen atoms in total. The minimum atomic E-state index is -0.620. The Balaban J connectivity index is 1.71. The van der Waals surface area contributed by atoms with Gasteiger partial charge in [0.1, 0.15) is 0 Å². The third kappa shape index (κ3) is 5.63. The summed E-state index contributed by atoms with van der Waals surface area (Å²) in [6.45, 7) is 6.03. The molecule has 0 amide bonds. The average molecular weight is 335 g/mol. The van der Waals surface area contributed by atoms with E-state index in [-0.39, 0.29) is 5.92 Å². The molecule has 2 heteroatoms. The van der Waals surface area contributed by atoms with Gasteiger partial charge in [-0.3, -0.25) is 4.79 Å². The van der Waals surface area contributed by atoms with E-state index in [9.17, 15) is 9.90 Å². The summed E-state index contributed by atoms with van der Waals surface area (Å²) in [4.78, 5) is 11.5. The summed E-state index contributed by atoms with van der Waals surface area (Å²) in [6.07, 6.45) is 18.5. The Morgan fingerprint density at radius 1 is 1.04 bits per heavy atom. The van der Waals surface area contributed by atoms with Gasteiger partial charge < -0.3 is 5.11 Å². The highest BCUT2D eigenvalue weighted by Gasteiger charge is 2.34. The monoisotopic (exact) mass is 334 g/mol. The molecule has 0 aromatic heterocycles. The predicted molar refractivity (Wildman–Crippen MR) is 101 cm³/mol. The molecule has 2 fully saturated rings. The van der Waals surface area contributed by atoms with E-state index in [0.717, 1.165) is 30.6 Å². The number of carboxylic acids is 1. The van der Waals surface area contributed by atoms with E-state index in [1.165, 1.54) is 64.2 Å². The standard InChI is InChI=1S/C22H38O2/c1-3-5-6-8-17-9-11-18(12-10-17)19-13-15-20(16-14-19)21(7-4-2)22(23)24/h4,17-21H,2-3,5-16H2,1H3,(H,23,24)/t17-,18-,19-,20-,21?. The molecule has 0 heterocycles. The van der Waals surface area contributed by atoms with Crippen LogP contribution in [0.5, 0.6) is 0 Å². The van der Waals surface area contributed by atoms with Gasteiger partial charge in [-0.2, -0.15) is 0 Å². The van der Waals surface area contributed by atoms with Crippen molar-refractivity contribution < 1.29 is 9.90 Å². The summed E-state index contributed by atoms with van der Waals surface area (Å²) < 4.78 is 0. The zero-order valence-electron chi connectivity index (χ0n) is 15.7. The largest absolute Gasteiger partial charge is 0.481 e. The second-order valence-corrected chi connectivity index (χ2v) is 8.42. The normalized spacial score (nSPS) is 32.2. The maximum atomic E-state index is 11.5. The van der Waals surface area contributed by atoms with Gasteiger partial charge >= 0.3 is 5.97 Å². The lowest BCUT2D eigenvalue weighted by Gasteiger charge is -2.39. The summed E-state index contributed by atoms with van der Waals surface area (Å²) in [7, 11) is 0. The van der Waals surface area contributed by atoms with Gasteiger partial charge in [-0.1, -0.05) is 51.5 Å². The van der Waals surface area contributed by atoms with Crippen LogP contribution >= 0.6 is 0 Å². The lowest BCUT2D eigenvalue weighted by atomic mass is 9.66. The van der Waals surface area contributed by atoms with E-state index >= 15 is 0 Å². The second-order valence-electron chi connectivity index (χ2n) is 8.42. The summed E-state index contributed by atoms with van der Waals surface area (Å²) in [6, 6.07) is 0. The zero-order chi connectivity index (χ0) is 17.4. The average Bonchev–Trinajstić information content (AvgIpc) is 2.60. The predicted octanol–water partition coefficient (Wildman–Crippen LogP) is 6.46. The molecule has 0 aromatic rings. The van der Waals surface area contributed by atoms with Crippen LogP contribution in [0.15, 0.2) is 12.7 Å². The quantitative estimate of drug-likeness (QED) is 0.388. The highest BCUT2D eigenvalue weighted by Crippen LogP contribution is 2.44. The first-order chi connectivity index (χ1) is 11.7. The number of unbranched alkanes of at least 4 members (excludes halogenated alkanes) is 2. The molecule has 2 aliphatic rings. The van der Waals surface area contributed by atoms with Crippen molar-refractivity contribution in [3.63, 3.8) is 0 Å². The lowest BCUT2D eigenvalue weighted by Crippen LogP contribution is -2.30. The molecular formula is C22H38O2. The molecule has 1 unspecified atom stereocenters. The van der Waals surface area contributed by atoms with Crippen LogP contribution in [0.1, 0.15) is 90.4 Å². The fraction of sp³-hybridized carbons (Fsp3) is 0.864. The molecule has 2 aliphatic carbocycles. The summed E-state index contributed by atoms with van der Waals surface area (Å²) >= 11 is 0. The molecule has 2 rings (SSSR count). The van der Waals surface area contributed by atoms with Crippen molar-refractivity contribution in [1.29, 1.82) is 0 Å². The molecule has 0 aromatic carbocycles. The maximum absolute atomic E-state index is 11.5. The van der Waals surface area contributed by atoms with Crippen LogP contribution in [0.3, 0.4) is 0 Å². The molecular weight excluding hydrogens is 296 g/mol. The van der Waals surface area contributed by atoms with Gasteiger partial charge in [0, 0.05) is 0 Å². The van der Waals surface area contributed by atoms with E-state index in [0.29, 0.717) is 12.3 Å². The zero-order valence-corrected chi connectivity index (χ0v) is 15.7. The molecule has 0 saturated heterocycles. The highest BCUT2D eigenvalue weighted by atomic mass is 16.4. The third-order valence-electron chi connectivity index (χ3n) is 6.90. The first kappa shape index (κ1) is 19.5. The van der Waals surface area contributed by atoms with Crippen LogP contribution in [0.4, 0.5) is 0 Å². The van der Waals surface area contributed by atoms with Crippen LogP contribution < -0.4 is 0 Å². The molecule has 0 bridgehead atoms. The number of carboxylic acid groups (broad SMARTS) is 1. The fourth-order valence-corrected chi connectivity index (χ4v) is 5.32. The van der Waals surface area contributed by atoms with Gasteiger partial charge in [-0.15, -0.1) is 6.58 Å². The Labute approximate surface area is 149 Å². The number of rotatable bonds is 9. The van der Waals surface area contributed by atoms with Gasteiger partial charge in [-0.05, 0) is 68.6 Å². The molecule has 1 atom stereocenters. The van der Waals surface area contributed by atoms with Crippen LogP contribution in [0.25, 0.3) is 0 Å². The van der Waals surface area contributed by atoms with Crippen molar-refractivity contribution in [2.75, 3.05) is 0 Å². The van der Waals surface area contributed by atoms with Crippen LogP contribution in [0.2, 0.25) is 0 Å². The van der Waals surface area contributed by atoms with Crippen molar-refractivity contribution in [1.82, 2.24) is 0 Å². The fourth-order valence-electron chi connectivity index (χ4n) is 5.32. The van der Waals surface area contributed by atoms with Gasteiger partial charge in [-0.25, -0.2) is 0 Å². The molecule has 0 aliphatic heterocycles. The first-order valence-electron chi connectivity index (χ1n) is 10.5. The molecule has 0 radical (unpaired) electrons. The SMILES string of the molecule is C=CCC(C(=O)O)[C@H]1CC[C@H]([C@H]2CC[C@H](CCCCC)CC2)CC1. The van der Waals surface area contributed by atoms with E-state index in [4.69, 9.17) is 0 Å². The van der Waals surface area contributed by atoms with Crippen molar-refractivity contribution >= 4 is 5.97 Å². The Morgan fingerprint density at radius 2 is 1.62 bits per heavy atom. The number of hydrogen-bond donors (Lipinski definition) is 1. The van der Waals surface area contributed by atoms with E-state index in [1.54, 1.807) is 6.08 Å². The maximum Gasteiger partial charge on any atom is 0.307 e. The minimum Gasteiger partial charge on any atom is -0.481 e. The van der Waals surface area contributed by atoms with Gasteiger partial charge in [0.15, 0.2) is 0 Å². The lowest BCUT2D eigenvalue weighted by molar-refractivity contribution is -0.144. The van der Waals surface area contributed by atoms with Crippen molar-refractivity contribution in [2.45, 2.75) is 90.4 Å². The van der Waals surface area contributed by atoms with Crippen molar-refractivity contribution in [2.24, 2.45) is 29.6 Å². The summed E-state index contributed by atoms with van der Waals surface area (Å²) in [5, 5.41) is 9.44. The summed E-state index contributed by atoms with van der Waals surface area (Å²) in [5.41, 5.74) is 0. The first-order valence-corrected chi connectivity index (χ1v) is 10.5.